The molecule has 1 N–H and O–H groups in total. The van der Waals surface area contributed by atoms with E-state index in [1.54, 1.807) is 30.3 Å². The topological polar surface area (TPSA) is 94.6 Å². The highest BCUT2D eigenvalue weighted by Crippen LogP contribution is 2.29. The predicted molar refractivity (Wildman–Crippen MR) is 104 cm³/mol. The first-order chi connectivity index (χ1) is 12.9. The van der Waals surface area contributed by atoms with E-state index in [4.69, 9.17) is 9.47 Å². The predicted octanol–water partition coefficient (Wildman–Crippen LogP) is 3.12. The number of carbonyl (C=O) groups is 1. The molecule has 1 aromatic heterocycles. The van der Waals surface area contributed by atoms with Crippen molar-refractivity contribution in [1.82, 2.24) is 4.98 Å². The third-order valence-electron chi connectivity index (χ3n) is 3.54. The molecule has 1 heterocycles. The molecule has 1 amide bonds. The van der Waals surface area contributed by atoms with E-state index in [-0.39, 0.29) is 17.4 Å². The molecule has 7 nitrogen and oxygen atoms in total. The molecule has 0 atom stereocenters. The molecule has 0 fully saturated rings. The number of ether oxygens (including phenoxy) is 2. The van der Waals surface area contributed by atoms with Crippen molar-refractivity contribution in [3.8, 4) is 11.5 Å². The Labute approximate surface area is 160 Å². The minimum atomic E-state index is -3.30. The Hall–Kier alpha value is -2.65. The van der Waals surface area contributed by atoms with Crippen LogP contribution in [0.3, 0.4) is 0 Å². The maximum atomic E-state index is 12.2. The molecule has 0 radical (unpaired) electrons. The van der Waals surface area contributed by atoms with Gasteiger partial charge in [-0.25, -0.2) is 13.4 Å². The number of para-hydroxylation sites is 2. The summed E-state index contributed by atoms with van der Waals surface area (Å²) in [5.41, 5.74) is 0.616. The summed E-state index contributed by atoms with van der Waals surface area (Å²) in [5, 5.41) is 3.04. The van der Waals surface area contributed by atoms with Gasteiger partial charge in [0.25, 0.3) is 5.91 Å². The van der Waals surface area contributed by atoms with E-state index < -0.39 is 9.84 Å². The number of hydrogen-bond acceptors (Lipinski definition) is 7. The quantitative estimate of drug-likeness (QED) is 0.648. The lowest BCUT2D eigenvalue weighted by Gasteiger charge is -2.10. The molecule has 0 saturated heterocycles. The van der Waals surface area contributed by atoms with Gasteiger partial charge in [-0.3, -0.25) is 10.1 Å². The van der Waals surface area contributed by atoms with Crippen LogP contribution in [0.5, 0.6) is 11.5 Å². The van der Waals surface area contributed by atoms with Crippen LogP contribution in [0.25, 0.3) is 10.2 Å². The summed E-state index contributed by atoms with van der Waals surface area (Å²) in [6.45, 7) is 2.16. The van der Waals surface area contributed by atoms with Crippen LogP contribution in [-0.4, -0.2) is 38.8 Å². The number of carbonyl (C=O) groups excluding carboxylic acids is 1. The van der Waals surface area contributed by atoms with Crippen molar-refractivity contribution >= 4 is 42.4 Å². The minimum absolute atomic E-state index is 0.200. The maximum absolute atomic E-state index is 12.2. The molecule has 9 heteroatoms. The summed E-state index contributed by atoms with van der Waals surface area (Å²) in [5.74, 6) is 0.682. The van der Waals surface area contributed by atoms with Gasteiger partial charge in [0.05, 0.1) is 21.7 Å². The Kier molecular flexibility index (Phi) is 5.62. The highest BCUT2D eigenvalue weighted by atomic mass is 32.2. The fourth-order valence-electron chi connectivity index (χ4n) is 2.33. The van der Waals surface area contributed by atoms with Crippen LogP contribution in [0.2, 0.25) is 0 Å². The molecule has 0 aliphatic carbocycles. The van der Waals surface area contributed by atoms with Gasteiger partial charge < -0.3 is 9.47 Å². The Morgan fingerprint density at radius 2 is 1.85 bits per heavy atom. The zero-order valence-corrected chi connectivity index (χ0v) is 16.4. The molecule has 3 aromatic rings. The number of aromatic nitrogens is 1. The minimum Gasteiger partial charge on any atom is -0.490 e. The molecule has 0 unspecified atom stereocenters. The van der Waals surface area contributed by atoms with Crippen molar-refractivity contribution in [2.45, 2.75) is 11.8 Å². The average Bonchev–Trinajstić information content (AvgIpc) is 3.01. The first-order valence-corrected chi connectivity index (χ1v) is 10.8. The van der Waals surface area contributed by atoms with Crippen molar-refractivity contribution in [3.63, 3.8) is 0 Å². The molecule has 3 rings (SSSR count). The molecular formula is C18H18N2O5S2. The number of rotatable bonds is 7. The number of sulfone groups is 1. The van der Waals surface area contributed by atoms with E-state index in [1.165, 1.54) is 17.4 Å². The highest BCUT2D eigenvalue weighted by molar-refractivity contribution is 7.90. The van der Waals surface area contributed by atoms with E-state index in [0.29, 0.717) is 33.5 Å². The van der Waals surface area contributed by atoms with Crippen molar-refractivity contribution < 1.29 is 22.7 Å². The molecule has 2 aromatic carbocycles. The van der Waals surface area contributed by atoms with Crippen molar-refractivity contribution in [1.29, 1.82) is 0 Å². The molecule has 27 heavy (non-hydrogen) atoms. The van der Waals surface area contributed by atoms with Gasteiger partial charge in [-0.2, -0.15) is 0 Å². The van der Waals surface area contributed by atoms with E-state index in [2.05, 4.69) is 10.3 Å². The Morgan fingerprint density at radius 3 is 2.52 bits per heavy atom. The standard InChI is InChI=1S/C18H18N2O5S2/c1-3-24-14-6-4-5-7-15(14)25-11-17(21)20-18-19-13-9-8-12(27(2,22)23)10-16(13)26-18/h4-10H,3,11H2,1-2H3,(H,19,20,21). The van der Waals surface area contributed by atoms with Crippen LogP contribution in [-0.2, 0) is 14.6 Å². The Bertz CT molecular complexity index is 1080. The fraction of sp³-hybridized carbons (Fsp3) is 0.222. The van der Waals surface area contributed by atoms with Gasteiger partial charge in [0.15, 0.2) is 33.1 Å². The summed E-state index contributed by atoms with van der Waals surface area (Å²) < 4.78 is 34.9. The summed E-state index contributed by atoms with van der Waals surface area (Å²) >= 11 is 1.20. The number of thiazole rings is 1. The van der Waals surface area contributed by atoms with Gasteiger partial charge in [0.2, 0.25) is 0 Å². The number of nitrogens with zero attached hydrogens (tertiary/aromatic N) is 1. The Balaban J connectivity index is 1.68. The third kappa shape index (κ3) is 4.75. The zero-order chi connectivity index (χ0) is 19.4. The monoisotopic (exact) mass is 406 g/mol. The second-order valence-corrected chi connectivity index (χ2v) is 8.68. The first kappa shape index (κ1) is 19.1. The smallest absolute Gasteiger partial charge is 0.264 e. The van der Waals surface area contributed by atoms with E-state index >= 15 is 0 Å². The van der Waals surface area contributed by atoms with Crippen LogP contribution in [0.1, 0.15) is 6.92 Å². The SMILES string of the molecule is CCOc1ccccc1OCC(=O)Nc1nc2ccc(S(C)(=O)=O)cc2s1. The van der Waals surface area contributed by atoms with Crippen LogP contribution in [0, 0.1) is 0 Å². The van der Waals surface area contributed by atoms with Crippen LogP contribution in [0.15, 0.2) is 47.4 Å². The molecule has 0 bridgehead atoms. The number of anilines is 1. The van der Waals surface area contributed by atoms with Crippen LogP contribution < -0.4 is 14.8 Å². The van der Waals surface area contributed by atoms with Crippen LogP contribution >= 0.6 is 11.3 Å². The lowest BCUT2D eigenvalue weighted by molar-refractivity contribution is -0.118. The molecule has 0 spiro atoms. The number of fused-ring (bicyclic) bond motifs is 1. The van der Waals surface area contributed by atoms with E-state index in [1.807, 2.05) is 13.0 Å². The average molecular weight is 406 g/mol. The van der Waals surface area contributed by atoms with Crippen LogP contribution in [0.4, 0.5) is 5.13 Å². The summed E-state index contributed by atoms with van der Waals surface area (Å²) in [4.78, 5) is 16.7. The lowest BCUT2D eigenvalue weighted by Crippen LogP contribution is -2.20. The normalized spacial score (nSPS) is 11.3. The molecule has 0 saturated carbocycles. The Morgan fingerprint density at radius 1 is 1.15 bits per heavy atom. The molecule has 142 valence electrons. The maximum Gasteiger partial charge on any atom is 0.264 e. The molecular weight excluding hydrogens is 388 g/mol. The number of benzene rings is 2. The van der Waals surface area contributed by atoms with Crippen molar-refractivity contribution in [3.05, 3.63) is 42.5 Å². The number of amides is 1. The highest BCUT2D eigenvalue weighted by Gasteiger charge is 2.13. The largest absolute Gasteiger partial charge is 0.490 e. The van der Waals surface area contributed by atoms with Gasteiger partial charge in [-0.15, -0.1) is 0 Å². The fourth-order valence-corrected chi connectivity index (χ4v) is 3.97. The van der Waals surface area contributed by atoms with Gasteiger partial charge in [-0.1, -0.05) is 23.5 Å². The van der Waals surface area contributed by atoms with Gasteiger partial charge in [0.1, 0.15) is 0 Å². The number of hydrogen-bond donors (Lipinski definition) is 1. The summed E-state index contributed by atoms with van der Waals surface area (Å²) in [7, 11) is -3.30. The molecule has 0 aliphatic rings. The number of nitrogens with one attached hydrogen (secondary N) is 1. The first-order valence-electron chi connectivity index (χ1n) is 8.12. The van der Waals surface area contributed by atoms with Gasteiger partial charge in [0, 0.05) is 6.26 Å². The van der Waals surface area contributed by atoms with Crippen molar-refractivity contribution in [2.24, 2.45) is 0 Å². The second kappa shape index (κ2) is 7.93. The summed E-state index contributed by atoms with van der Waals surface area (Å²) in [6, 6.07) is 11.8. The zero-order valence-electron chi connectivity index (χ0n) is 14.8. The van der Waals surface area contributed by atoms with E-state index in [9.17, 15) is 13.2 Å². The second-order valence-electron chi connectivity index (χ2n) is 5.64. The lowest BCUT2D eigenvalue weighted by atomic mass is 10.3. The van der Waals surface area contributed by atoms with E-state index in [0.717, 1.165) is 6.26 Å². The summed E-state index contributed by atoms with van der Waals surface area (Å²) in [6.07, 6.45) is 1.15. The third-order valence-corrected chi connectivity index (χ3v) is 5.59. The van der Waals surface area contributed by atoms with Gasteiger partial charge >= 0.3 is 0 Å². The molecule has 0 aliphatic heterocycles. The van der Waals surface area contributed by atoms with Crippen molar-refractivity contribution in [2.75, 3.05) is 24.8 Å². The van der Waals surface area contributed by atoms with Gasteiger partial charge in [-0.05, 0) is 37.3 Å².